The van der Waals surface area contributed by atoms with Crippen LogP contribution in [0.3, 0.4) is 0 Å². The number of rotatable bonds is 8. The summed E-state index contributed by atoms with van der Waals surface area (Å²) in [5.41, 5.74) is 0. The van der Waals surface area contributed by atoms with E-state index in [0.717, 1.165) is 25.9 Å². The molecule has 4 unspecified atom stereocenters. The second-order valence-electron chi connectivity index (χ2n) is 6.33. The van der Waals surface area contributed by atoms with Crippen LogP contribution in [0.25, 0.3) is 0 Å². The van der Waals surface area contributed by atoms with E-state index >= 15 is 0 Å². The highest BCUT2D eigenvalue weighted by Crippen LogP contribution is 2.24. The summed E-state index contributed by atoms with van der Waals surface area (Å²) in [7, 11) is 0. The van der Waals surface area contributed by atoms with Crippen molar-refractivity contribution in [3.8, 4) is 0 Å². The first kappa shape index (κ1) is 16.5. The highest BCUT2D eigenvalue weighted by Gasteiger charge is 2.21. The molecule has 5 nitrogen and oxygen atoms in total. The van der Waals surface area contributed by atoms with Gasteiger partial charge in [-0.1, -0.05) is 19.1 Å². The van der Waals surface area contributed by atoms with Crippen molar-refractivity contribution in [3.63, 3.8) is 0 Å². The molecule has 0 spiro atoms. The number of carbonyl (C=O) groups is 1. The lowest BCUT2D eigenvalue weighted by Crippen LogP contribution is -2.39. The van der Waals surface area contributed by atoms with Crippen LogP contribution < -0.4 is 10.6 Å². The van der Waals surface area contributed by atoms with Gasteiger partial charge in [0.25, 0.3) is 0 Å². The molecule has 1 saturated heterocycles. The maximum atomic E-state index is 11.1. The zero-order valence-electron chi connectivity index (χ0n) is 12.9. The molecule has 0 aromatic carbocycles. The van der Waals surface area contributed by atoms with Gasteiger partial charge in [-0.05, 0) is 31.1 Å². The molecule has 1 heterocycles. The number of amides is 1. The van der Waals surface area contributed by atoms with Crippen molar-refractivity contribution in [2.75, 3.05) is 26.3 Å². The van der Waals surface area contributed by atoms with Crippen LogP contribution in [-0.4, -0.2) is 49.5 Å². The minimum atomic E-state index is -0.489. The molecule has 1 fully saturated rings. The Morgan fingerprint density at radius 3 is 3.00 bits per heavy atom. The van der Waals surface area contributed by atoms with Gasteiger partial charge in [-0.25, -0.2) is 0 Å². The Kier molecular flexibility index (Phi) is 6.67. The fourth-order valence-corrected chi connectivity index (χ4v) is 2.91. The first-order valence-corrected chi connectivity index (χ1v) is 8.06. The lowest BCUT2D eigenvalue weighted by atomic mass is 9.85. The van der Waals surface area contributed by atoms with Crippen LogP contribution >= 0.6 is 0 Å². The third-order valence-corrected chi connectivity index (χ3v) is 4.42. The van der Waals surface area contributed by atoms with Gasteiger partial charge in [-0.15, -0.1) is 0 Å². The Morgan fingerprint density at radius 2 is 2.29 bits per heavy atom. The Bertz CT molecular complexity index is 359. The maximum Gasteiger partial charge on any atom is 0.220 e. The number of nitrogens with one attached hydrogen (secondary N) is 2. The van der Waals surface area contributed by atoms with E-state index in [1.54, 1.807) is 0 Å². The molecule has 2 aliphatic rings. The van der Waals surface area contributed by atoms with Gasteiger partial charge in [0, 0.05) is 25.6 Å². The molecular weight excluding hydrogens is 268 g/mol. The quantitative estimate of drug-likeness (QED) is 0.580. The predicted octanol–water partition coefficient (Wildman–Crippen LogP) is 0.834. The Balaban J connectivity index is 1.50. The first-order valence-electron chi connectivity index (χ1n) is 8.06. The zero-order valence-corrected chi connectivity index (χ0v) is 12.9. The monoisotopic (exact) mass is 296 g/mol. The van der Waals surface area contributed by atoms with Gasteiger partial charge in [0.1, 0.15) is 0 Å². The average Bonchev–Trinajstić information content (AvgIpc) is 2.87. The Morgan fingerprint density at radius 1 is 1.48 bits per heavy atom. The molecule has 5 heteroatoms. The second-order valence-corrected chi connectivity index (χ2v) is 6.33. The van der Waals surface area contributed by atoms with E-state index in [1.165, 1.54) is 0 Å². The van der Waals surface area contributed by atoms with Crippen LogP contribution in [0, 0.1) is 11.8 Å². The highest BCUT2D eigenvalue weighted by atomic mass is 16.5. The van der Waals surface area contributed by atoms with Crippen LogP contribution in [0.1, 0.15) is 32.6 Å². The van der Waals surface area contributed by atoms with Crippen molar-refractivity contribution in [1.29, 1.82) is 0 Å². The summed E-state index contributed by atoms with van der Waals surface area (Å²) in [6.45, 7) is 4.57. The summed E-state index contributed by atoms with van der Waals surface area (Å²) in [5.74, 6) is 1.36. The first-order chi connectivity index (χ1) is 10.1. The standard InChI is InChI=1S/C16H28N2O3/c1-12-4-2-3-5-13(12)10-21-11-15(19)9-17-8-14-6-7-16(20)18-14/h2-3,12-15,17,19H,4-11H2,1H3,(H,18,20). The number of ether oxygens (including phenoxy) is 1. The number of aliphatic hydroxyl groups is 1. The Labute approximate surface area is 127 Å². The fraction of sp³-hybridized carbons (Fsp3) is 0.812. The highest BCUT2D eigenvalue weighted by molar-refractivity contribution is 5.78. The van der Waals surface area contributed by atoms with E-state index in [0.29, 0.717) is 38.0 Å². The molecule has 0 bridgehead atoms. The molecule has 21 heavy (non-hydrogen) atoms. The van der Waals surface area contributed by atoms with Crippen molar-refractivity contribution < 1.29 is 14.6 Å². The molecule has 2 rings (SSSR count). The molecule has 4 atom stereocenters. The summed E-state index contributed by atoms with van der Waals surface area (Å²) in [6, 6.07) is 0.209. The molecule has 3 N–H and O–H groups in total. The summed E-state index contributed by atoms with van der Waals surface area (Å²) in [5, 5.41) is 16.0. The molecular formula is C16H28N2O3. The molecule has 0 aromatic rings. The van der Waals surface area contributed by atoms with Gasteiger partial charge in [-0.2, -0.15) is 0 Å². The molecule has 1 aliphatic carbocycles. The Hall–Kier alpha value is -0.910. The molecule has 1 amide bonds. The van der Waals surface area contributed by atoms with E-state index in [-0.39, 0.29) is 11.9 Å². The van der Waals surface area contributed by atoms with E-state index in [9.17, 15) is 9.90 Å². The number of carbonyl (C=O) groups excluding carboxylic acids is 1. The van der Waals surface area contributed by atoms with E-state index in [2.05, 4.69) is 29.7 Å². The molecule has 0 radical (unpaired) electrons. The van der Waals surface area contributed by atoms with Crippen molar-refractivity contribution in [2.24, 2.45) is 11.8 Å². The largest absolute Gasteiger partial charge is 0.389 e. The van der Waals surface area contributed by atoms with Crippen molar-refractivity contribution in [3.05, 3.63) is 12.2 Å². The van der Waals surface area contributed by atoms with Crippen LogP contribution in [0.4, 0.5) is 0 Å². The average molecular weight is 296 g/mol. The SMILES string of the molecule is CC1CC=CCC1COCC(O)CNCC1CCC(=O)N1. The maximum absolute atomic E-state index is 11.1. The van der Waals surface area contributed by atoms with Gasteiger partial charge in [0.2, 0.25) is 5.91 Å². The van der Waals surface area contributed by atoms with Gasteiger partial charge < -0.3 is 20.5 Å². The number of hydrogen-bond acceptors (Lipinski definition) is 4. The summed E-state index contributed by atoms with van der Waals surface area (Å²) < 4.78 is 5.65. The summed E-state index contributed by atoms with van der Waals surface area (Å²) >= 11 is 0. The van der Waals surface area contributed by atoms with Crippen molar-refractivity contribution in [2.45, 2.75) is 44.8 Å². The third kappa shape index (κ3) is 5.77. The number of hydrogen-bond donors (Lipinski definition) is 3. The van der Waals surface area contributed by atoms with Crippen LogP contribution in [0.2, 0.25) is 0 Å². The van der Waals surface area contributed by atoms with Gasteiger partial charge in [0.15, 0.2) is 0 Å². The fourth-order valence-electron chi connectivity index (χ4n) is 2.91. The van der Waals surface area contributed by atoms with E-state index in [4.69, 9.17) is 4.74 Å². The van der Waals surface area contributed by atoms with Crippen LogP contribution in [-0.2, 0) is 9.53 Å². The van der Waals surface area contributed by atoms with E-state index < -0.39 is 6.10 Å². The summed E-state index contributed by atoms with van der Waals surface area (Å²) in [6.07, 6.45) is 7.68. The molecule has 0 saturated carbocycles. The van der Waals surface area contributed by atoms with Crippen LogP contribution in [0.5, 0.6) is 0 Å². The molecule has 0 aromatic heterocycles. The number of allylic oxidation sites excluding steroid dienone is 2. The predicted molar refractivity (Wildman–Crippen MR) is 81.9 cm³/mol. The molecule has 120 valence electrons. The van der Waals surface area contributed by atoms with E-state index in [1.807, 2.05) is 0 Å². The topological polar surface area (TPSA) is 70.6 Å². The summed E-state index contributed by atoms with van der Waals surface area (Å²) in [4.78, 5) is 11.1. The minimum Gasteiger partial charge on any atom is -0.389 e. The molecule has 1 aliphatic heterocycles. The second kappa shape index (κ2) is 8.51. The lowest BCUT2D eigenvalue weighted by molar-refractivity contribution is -0.119. The minimum absolute atomic E-state index is 0.126. The van der Waals surface area contributed by atoms with Gasteiger partial charge >= 0.3 is 0 Å². The van der Waals surface area contributed by atoms with Gasteiger partial charge in [-0.3, -0.25) is 4.79 Å². The normalized spacial score (nSPS) is 30.4. The zero-order chi connectivity index (χ0) is 15.1. The van der Waals surface area contributed by atoms with Crippen molar-refractivity contribution in [1.82, 2.24) is 10.6 Å². The third-order valence-electron chi connectivity index (χ3n) is 4.42. The smallest absolute Gasteiger partial charge is 0.220 e. The lowest BCUT2D eigenvalue weighted by Gasteiger charge is -2.25. The number of aliphatic hydroxyl groups excluding tert-OH is 1. The van der Waals surface area contributed by atoms with Gasteiger partial charge in [0.05, 0.1) is 19.3 Å². The van der Waals surface area contributed by atoms with Crippen molar-refractivity contribution >= 4 is 5.91 Å². The van der Waals surface area contributed by atoms with Crippen LogP contribution in [0.15, 0.2) is 12.2 Å².